The molecular formula is C15H14F2N2O2. The fraction of sp³-hybridized carbons (Fsp3) is 0.200. The quantitative estimate of drug-likeness (QED) is 0.673. The average molecular weight is 292 g/mol. The summed E-state index contributed by atoms with van der Waals surface area (Å²) in [4.78, 5) is 10.5. The number of rotatable bonds is 5. The summed E-state index contributed by atoms with van der Waals surface area (Å²) in [5.74, 6) is -1.27. The molecule has 0 aliphatic rings. The van der Waals surface area contributed by atoms with Gasteiger partial charge in [-0.25, -0.2) is 8.78 Å². The zero-order chi connectivity index (χ0) is 15.4. The van der Waals surface area contributed by atoms with Crippen molar-refractivity contribution in [1.82, 2.24) is 0 Å². The van der Waals surface area contributed by atoms with Crippen molar-refractivity contribution in [3.63, 3.8) is 0 Å². The number of anilines is 1. The Morgan fingerprint density at radius 1 is 1.19 bits per heavy atom. The number of hydrogen-bond donors (Lipinski definition) is 1. The van der Waals surface area contributed by atoms with Gasteiger partial charge in [-0.1, -0.05) is 12.1 Å². The molecule has 2 aromatic carbocycles. The first-order valence-corrected chi connectivity index (χ1v) is 6.40. The Kier molecular flexibility index (Phi) is 4.47. The Hall–Kier alpha value is -2.50. The molecule has 0 unspecified atom stereocenters. The average Bonchev–Trinajstić information content (AvgIpc) is 2.39. The fourth-order valence-corrected chi connectivity index (χ4v) is 2.12. The number of halogens is 2. The van der Waals surface area contributed by atoms with E-state index in [0.29, 0.717) is 24.2 Å². The lowest BCUT2D eigenvalue weighted by Crippen LogP contribution is -2.08. The number of para-hydroxylation sites is 1. The highest BCUT2D eigenvalue weighted by molar-refractivity contribution is 5.65. The molecule has 4 nitrogen and oxygen atoms in total. The Balaban J connectivity index is 2.08. The third-order valence-corrected chi connectivity index (χ3v) is 3.09. The molecule has 0 bridgehead atoms. The minimum absolute atomic E-state index is 0.0135. The van der Waals surface area contributed by atoms with Gasteiger partial charge in [-0.2, -0.15) is 0 Å². The summed E-state index contributed by atoms with van der Waals surface area (Å²) in [7, 11) is 0. The first kappa shape index (κ1) is 14.9. The molecule has 0 atom stereocenters. The van der Waals surface area contributed by atoms with E-state index in [2.05, 4.69) is 5.32 Å². The highest BCUT2D eigenvalue weighted by Crippen LogP contribution is 2.27. The van der Waals surface area contributed by atoms with Gasteiger partial charge in [-0.05, 0) is 36.6 Å². The van der Waals surface area contributed by atoms with Crippen molar-refractivity contribution < 1.29 is 13.7 Å². The molecule has 110 valence electrons. The van der Waals surface area contributed by atoms with Crippen LogP contribution in [0.2, 0.25) is 0 Å². The van der Waals surface area contributed by atoms with E-state index in [1.54, 1.807) is 19.1 Å². The minimum Gasteiger partial charge on any atom is -0.379 e. The largest absolute Gasteiger partial charge is 0.379 e. The van der Waals surface area contributed by atoms with E-state index in [1.165, 1.54) is 18.2 Å². The molecule has 0 heterocycles. The predicted molar refractivity (Wildman–Crippen MR) is 76.4 cm³/mol. The van der Waals surface area contributed by atoms with Crippen LogP contribution in [0.5, 0.6) is 0 Å². The Bertz CT molecular complexity index is 654. The van der Waals surface area contributed by atoms with Gasteiger partial charge in [0.25, 0.3) is 5.69 Å². The number of nitrogens with zero attached hydrogens (tertiary/aromatic N) is 1. The highest BCUT2D eigenvalue weighted by atomic mass is 19.1. The van der Waals surface area contributed by atoms with Gasteiger partial charge in [0.2, 0.25) is 0 Å². The lowest BCUT2D eigenvalue weighted by Gasteiger charge is -2.10. The summed E-state index contributed by atoms with van der Waals surface area (Å²) in [5, 5.41) is 13.9. The third kappa shape index (κ3) is 3.75. The standard InChI is InChI=1S/C15H14F2N2O2/c1-10-3-2-4-14(19(20)21)15(10)18-6-5-11-7-12(16)9-13(17)8-11/h2-4,7-9,18H,5-6H2,1H3. The summed E-state index contributed by atoms with van der Waals surface area (Å²) in [6.45, 7) is 2.10. The molecule has 0 amide bonds. The first-order valence-electron chi connectivity index (χ1n) is 6.40. The fourth-order valence-electron chi connectivity index (χ4n) is 2.12. The Morgan fingerprint density at radius 3 is 2.48 bits per heavy atom. The second-order valence-corrected chi connectivity index (χ2v) is 4.68. The summed E-state index contributed by atoms with van der Waals surface area (Å²) in [6, 6.07) is 8.09. The highest BCUT2D eigenvalue weighted by Gasteiger charge is 2.14. The molecule has 0 aliphatic carbocycles. The van der Waals surface area contributed by atoms with E-state index in [-0.39, 0.29) is 5.69 Å². The van der Waals surface area contributed by atoms with Crippen molar-refractivity contribution in [2.75, 3.05) is 11.9 Å². The van der Waals surface area contributed by atoms with Gasteiger partial charge in [0, 0.05) is 18.7 Å². The molecule has 0 spiro atoms. The van der Waals surface area contributed by atoms with Gasteiger partial charge >= 0.3 is 0 Å². The molecular weight excluding hydrogens is 278 g/mol. The van der Waals surface area contributed by atoms with Crippen LogP contribution in [0.3, 0.4) is 0 Å². The van der Waals surface area contributed by atoms with Gasteiger partial charge in [0.15, 0.2) is 0 Å². The lowest BCUT2D eigenvalue weighted by molar-refractivity contribution is -0.384. The number of nitro groups is 1. The number of nitrogens with one attached hydrogen (secondary N) is 1. The van der Waals surface area contributed by atoms with Gasteiger partial charge < -0.3 is 5.32 Å². The van der Waals surface area contributed by atoms with Gasteiger partial charge in [0.05, 0.1) is 4.92 Å². The monoisotopic (exact) mass is 292 g/mol. The maximum Gasteiger partial charge on any atom is 0.292 e. The van der Waals surface area contributed by atoms with Crippen LogP contribution in [0.25, 0.3) is 0 Å². The van der Waals surface area contributed by atoms with Crippen LogP contribution < -0.4 is 5.32 Å². The van der Waals surface area contributed by atoms with Crippen LogP contribution in [0.4, 0.5) is 20.2 Å². The molecule has 0 aliphatic heterocycles. The molecule has 0 saturated carbocycles. The van der Waals surface area contributed by atoms with Crippen LogP contribution in [0.15, 0.2) is 36.4 Å². The Morgan fingerprint density at radius 2 is 1.86 bits per heavy atom. The van der Waals surface area contributed by atoms with Crippen molar-refractivity contribution in [3.05, 3.63) is 69.3 Å². The topological polar surface area (TPSA) is 55.2 Å². The number of aryl methyl sites for hydroxylation is 1. The maximum absolute atomic E-state index is 13.1. The molecule has 2 aromatic rings. The number of benzene rings is 2. The molecule has 0 aromatic heterocycles. The molecule has 21 heavy (non-hydrogen) atoms. The van der Waals surface area contributed by atoms with Gasteiger partial charge in [-0.15, -0.1) is 0 Å². The van der Waals surface area contributed by atoms with Crippen LogP contribution in [-0.4, -0.2) is 11.5 Å². The lowest BCUT2D eigenvalue weighted by atomic mass is 10.1. The van der Waals surface area contributed by atoms with Gasteiger partial charge in [-0.3, -0.25) is 10.1 Å². The smallest absolute Gasteiger partial charge is 0.292 e. The zero-order valence-corrected chi connectivity index (χ0v) is 11.4. The van der Waals surface area contributed by atoms with Crippen molar-refractivity contribution in [2.45, 2.75) is 13.3 Å². The zero-order valence-electron chi connectivity index (χ0n) is 11.4. The third-order valence-electron chi connectivity index (χ3n) is 3.09. The molecule has 0 fully saturated rings. The second-order valence-electron chi connectivity index (χ2n) is 4.68. The first-order chi connectivity index (χ1) is 9.97. The van der Waals surface area contributed by atoms with E-state index >= 15 is 0 Å². The Labute approximate surface area is 120 Å². The molecule has 0 radical (unpaired) electrons. The molecule has 6 heteroatoms. The van der Waals surface area contributed by atoms with Crippen molar-refractivity contribution in [3.8, 4) is 0 Å². The van der Waals surface area contributed by atoms with Crippen LogP contribution in [-0.2, 0) is 6.42 Å². The van der Waals surface area contributed by atoms with E-state index in [9.17, 15) is 18.9 Å². The molecule has 2 rings (SSSR count). The van der Waals surface area contributed by atoms with Crippen LogP contribution in [0, 0.1) is 28.7 Å². The van der Waals surface area contributed by atoms with E-state index in [0.717, 1.165) is 11.6 Å². The predicted octanol–water partition coefficient (Wildman–Crippen LogP) is 3.84. The van der Waals surface area contributed by atoms with E-state index < -0.39 is 16.6 Å². The van der Waals surface area contributed by atoms with E-state index in [4.69, 9.17) is 0 Å². The normalized spacial score (nSPS) is 10.4. The number of hydrogen-bond acceptors (Lipinski definition) is 3. The number of nitro benzene ring substituents is 1. The summed E-state index contributed by atoms with van der Waals surface area (Å²) >= 11 is 0. The summed E-state index contributed by atoms with van der Waals surface area (Å²) < 4.78 is 26.1. The minimum atomic E-state index is -0.633. The maximum atomic E-state index is 13.1. The summed E-state index contributed by atoms with van der Waals surface area (Å²) in [6.07, 6.45) is 0.361. The molecule has 1 N–H and O–H groups in total. The van der Waals surface area contributed by atoms with Crippen molar-refractivity contribution in [2.24, 2.45) is 0 Å². The van der Waals surface area contributed by atoms with E-state index in [1.807, 2.05) is 0 Å². The molecule has 0 saturated heterocycles. The van der Waals surface area contributed by atoms with Crippen molar-refractivity contribution in [1.29, 1.82) is 0 Å². The van der Waals surface area contributed by atoms with Crippen molar-refractivity contribution >= 4 is 11.4 Å². The van der Waals surface area contributed by atoms with Crippen LogP contribution in [0.1, 0.15) is 11.1 Å². The second kappa shape index (κ2) is 6.30. The van der Waals surface area contributed by atoms with Crippen LogP contribution >= 0.6 is 0 Å². The SMILES string of the molecule is Cc1cccc([N+](=O)[O-])c1NCCc1cc(F)cc(F)c1. The van der Waals surface area contributed by atoms with Gasteiger partial charge in [0.1, 0.15) is 17.3 Å². The summed E-state index contributed by atoms with van der Waals surface area (Å²) in [5.41, 5.74) is 1.66.